The minimum Gasteiger partial charge on any atom is -0.383 e. The second-order valence-corrected chi connectivity index (χ2v) is 9.04. The Morgan fingerprint density at radius 2 is 1.88 bits per heavy atom. The Labute approximate surface area is 195 Å². The van der Waals surface area contributed by atoms with E-state index in [1.165, 1.54) is 12.1 Å². The predicted molar refractivity (Wildman–Crippen MR) is 134 cm³/mol. The summed E-state index contributed by atoms with van der Waals surface area (Å²) in [5.74, 6) is 0.493. The number of aromatic nitrogens is 1. The summed E-state index contributed by atoms with van der Waals surface area (Å²) < 4.78 is 0. The molecule has 1 aromatic heterocycles. The molecule has 2 aromatic carbocycles. The SMILES string of the molecule is CCN(C)C1CCN(c2ccc(-c3cnc(N)c(-c4ccc5c(c4)CCNC5=O)c3)cc2)C1. The van der Waals surface area contributed by atoms with E-state index in [-0.39, 0.29) is 5.91 Å². The minimum absolute atomic E-state index is 0.00611. The normalized spacial score (nSPS) is 17.8. The number of carbonyl (C=O) groups excluding carboxylic acids is 1. The van der Waals surface area contributed by atoms with E-state index in [0.29, 0.717) is 18.4 Å². The molecule has 170 valence electrons. The summed E-state index contributed by atoms with van der Waals surface area (Å²) in [5, 5.41) is 2.89. The molecule has 3 heterocycles. The Morgan fingerprint density at radius 1 is 1.09 bits per heavy atom. The number of pyridine rings is 1. The highest BCUT2D eigenvalue weighted by atomic mass is 16.1. The van der Waals surface area contributed by atoms with Crippen LogP contribution in [0, 0.1) is 0 Å². The van der Waals surface area contributed by atoms with Crippen LogP contribution in [0.2, 0.25) is 0 Å². The Morgan fingerprint density at radius 3 is 2.67 bits per heavy atom. The molecule has 0 radical (unpaired) electrons. The van der Waals surface area contributed by atoms with E-state index in [1.54, 1.807) is 0 Å². The number of nitrogens with two attached hydrogens (primary N) is 1. The number of nitrogens with one attached hydrogen (secondary N) is 1. The first kappa shape index (κ1) is 21.5. The fourth-order valence-electron chi connectivity index (χ4n) is 4.92. The molecule has 33 heavy (non-hydrogen) atoms. The van der Waals surface area contributed by atoms with Gasteiger partial charge in [-0.1, -0.05) is 31.2 Å². The highest BCUT2D eigenvalue weighted by Crippen LogP contribution is 2.32. The summed E-state index contributed by atoms with van der Waals surface area (Å²) in [5.41, 5.74) is 13.4. The molecule has 0 bridgehead atoms. The van der Waals surface area contributed by atoms with Crippen molar-refractivity contribution < 1.29 is 4.79 Å². The monoisotopic (exact) mass is 441 g/mol. The summed E-state index contributed by atoms with van der Waals surface area (Å²) in [6, 6.07) is 17.4. The zero-order valence-corrected chi connectivity index (χ0v) is 19.3. The van der Waals surface area contributed by atoms with Crippen LogP contribution in [0.5, 0.6) is 0 Å². The molecule has 0 saturated carbocycles. The molecule has 5 rings (SSSR count). The Balaban J connectivity index is 1.39. The molecule has 3 N–H and O–H groups in total. The summed E-state index contributed by atoms with van der Waals surface area (Å²) in [6.45, 7) is 6.14. The molecular weight excluding hydrogens is 410 g/mol. The zero-order chi connectivity index (χ0) is 22.9. The average Bonchev–Trinajstić information content (AvgIpc) is 3.34. The Hall–Kier alpha value is -3.38. The van der Waals surface area contributed by atoms with Gasteiger partial charge in [-0.3, -0.25) is 4.79 Å². The van der Waals surface area contributed by atoms with Crippen LogP contribution in [-0.2, 0) is 6.42 Å². The first-order chi connectivity index (χ1) is 16.0. The first-order valence-electron chi connectivity index (χ1n) is 11.8. The van der Waals surface area contributed by atoms with Crippen molar-refractivity contribution in [2.75, 3.05) is 43.9 Å². The van der Waals surface area contributed by atoms with Gasteiger partial charge in [-0.2, -0.15) is 0 Å². The molecule has 6 heteroatoms. The van der Waals surface area contributed by atoms with Crippen molar-refractivity contribution in [2.24, 2.45) is 0 Å². The van der Waals surface area contributed by atoms with Crippen LogP contribution < -0.4 is 16.0 Å². The van der Waals surface area contributed by atoms with Crippen LogP contribution in [0.1, 0.15) is 29.3 Å². The Kier molecular flexibility index (Phi) is 5.77. The van der Waals surface area contributed by atoms with E-state index in [9.17, 15) is 4.79 Å². The third-order valence-corrected chi connectivity index (χ3v) is 7.11. The van der Waals surface area contributed by atoms with E-state index in [0.717, 1.165) is 59.4 Å². The number of fused-ring (bicyclic) bond motifs is 1. The van der Waals surface area contributed by atoms with Gasteiger partial charge in [0.05, 0.1) is 0 Å². The van der Waals surface area contributed by atoms with Gasteiger partial charge in [-0.25, -0.2) is 4.98 Å². The van der Waals surface area contributed by atoms with Gasteiger partial charge in [0, 0.05) is 54.3 Å². The van der Waals surface area contributed by atoms with Gasteiger partial charge in [0.15, 0.2) is 0 Å². The molecule has 3 aromatic rings. The van der Waals surface area contributed by atoms with E-state index in [4.69, 9.17) is 5.73 Å². The van der Waals surface area contributed by atoms with Crippen molar-refractivity contribution in [1.82, 2.24) is 15.2 Å². The van der Waals surface area contributed by atoms with Gasteiger partial charge in [0.25, 0.3) is 5.91 Å². The number of nitrogens with zero attached hydrogens (tertiary/aromatic N) is 3. The van der Waals surface area contributed by atoms with Gasteiger partial charge in [0.1, 0.15) is 5.82 Å². The number of carbonyl (C=O) groups is 1. The van der Waals surface area contributed by atoms with E-state index < -0.39 is 0 Å². The fraction of sp³-hybridized carbons (Fsp3) is 0.333. The van der Waals surface area contributed by atoms with Gasteiger partial charge in [0.2, 0.25) is 0 Å². The Bertz CT molecular complexity index is 1170. The lowest BCUT2D eigenvalue weighted by molar-refractivity contribution is 0.0946. The third-order valence-electron chi connectivity index (χ3n) is 7.11. The predicted octanol–water partition coefficient (Wildman–Crippen LogP) is 3.81. The summed E-state index contributed by atoms with van der Waals surface area (Å²) >= 11 is 0. The average molecular weight is 442 g/mol. The lowest BCUT2D eigenvalue weighted by Crippen LogP contribution is -2.34. The summed E-state index contributed by atoms with van der Waals surface area (Å²) in [4.78, 5) is 21.5. The van der Waals surface area contributed by atoms with Crippen molar-refractivity contribution in [3.8, 4) is 22.3 Å². The van der Waals surface area contributed by atoms with Crippen molar-refractivity contribution in [3.63, 3.8) is 0 Å². The molecule has 1 amide bonds. The highest BCUT2D eigenvalue weighted by molar-refractivity contribution is 5.97. The maximum Gasteiger partial charge on any atom is 0.251 e. The molecule has 2 aliphatic heterocycles. The zero-order valence-electron chi connectivity index (χ0n) is 19.3. The van der Waals surface area contributed by atoms with Gasteiger partial charge < -0.3 is 20.9 Å². The molecule has 1 fully saturated rings. The number of rotatable bonds is 5. The molecule has 1 unspecified atom stereocenters. The number of benzene rings is 2. The molecular formula is C27H31N5O. The second kappa shape index (κ2) is 8.87. The topological polar surface area (TPSA) is 74.5 Å². The van der Waals surface area contributed by atoms with Crippen molar-refractivity contribution in [2.45, 2.75) is 25.8 Å². The molecule has 0 spiro atoms. The molecule has 2 aliphatic rings. The number of anilines is 2. The summed E-state index contributed by atoms with van der Waals surface area (Å²) in [7, 11) is 2.21. The van der Waals surface area contributed by atoms with Crippen LogP contribution in [0.4, 0.5) is 11.5 Å². The maximum atomic E-state index is 12.1. The van der Waals surface area contributed by atoms with Gasteiger partial charge in [-0.15, -0.1) is 0 Å². The first-order valence-corrected chi connectivity index (χ1v) is 11.8. The van der Waals surface area contributed by atoms with Crippen LogP contribution in [0.25, 0.3) is 22.3 Å². The van der Waals surface area contributed by atoms with Crippen LogP contribution in [0.15, 0.2) is 54.7 Å². The van der Waals surface area contributed by atoms with Gasteiger partial charge >= 0.3 is 0 Å². The minimum atomic E-state index is -0.00611. The number of likely N-dealkylation sites (N-methyl/N-ethyl adjacent to an activating group) is 1. The van der Waals surface area contributed by atoms with E-state index in [2.05, 4.69) is 70.5 Å². The fourth-order valence-corrected chi connectivity index (χ4v) is 4.92. The van der Waals surface area contributed by atoms with E-state index in [1.807, 2.05) is 18.3 Å². The number of nitrogen functional groups attached to an aromatic ring is 1. The smallest absolute Gasteiger partial charge is 0.251 e. The molecule has 6 nitrogen and oxygen atoms in total. The van der Waals surface area contributed by atoms with Crippen LogP contribution in [-0.4, -0.2) is 55.1 Å². The number of amides is 1. The lowest BCUT2D eigenvalue weighted by atomic mass is 9.94. The largest absolute Gasteiger partial charge is 0.383 e. The third kappa shape index (κ3) is 4.18. The molecule has 1 atom stereocenters. The van der Waals surface area contributed by atoms with E-state index >= 15 is 0 Å². The lowest BCUT2D eigenvalue weighted by Gasteiger charge is -2.24. The molecule has 1 saturated heterocycles. The number of hydrogen-bond acceptors (Lipinski definition) is 5. The second-order valence-electron chi connectivity index (χ2n) is 9.04. The van der Waals surface area contributed by atoms with Crippen LogP contribution in [0.3, 0.4) is 0 Å². The van der Waals surface area contributed by atoms with Crippen molar-refractivity contribution >= 4 is 17.4 Å². The van der Waals surface area contributed by atoms with Crippen molar-refractivity contribution in [3.05, 3.63) is 65.9 Å². The summed E-state index contributed by atoms with van der Waals surface area (Å²) in [6.07, 6.45) is 3.87. The van der Waals surface area contributed by atoms with Crippen LogP contribution >= 0.6 is 0 Å². The number of hydrogen-bond donors (Lipinski definition) is 2. The quantitative estimate of drug-likeness (QED) is 0.630. The highest BCUT2D eigenvalue weighted by Gasteiger charge is 2.25. The standard InChI is InChI=1S/C27H31N5O/c1-3-31(2)23-11-13-32(17-23)22-7-4-18(5-8-22)21-15-25(26(28)30-16-21)19-6-9-24-20(14-19)10-12-29-27(24)33/h4-9,14-16,23H,3,10-13,17H2,1-2H3,(H2,28,30)(H,29,33). The maximum absolute atomic E-state index is 12.1. The van der Waals surface area contributed by atoms with Gasteiger partial charge in [-0.05, 0) is 67.4 Å². The molecule has 0 aliphatic carbocycles. The van der Waals surface area contributed by atoms with Crippen molar-refractivity contribution in [1.29, 1.82) is 0 Å².